The molecule has 2 N–H and O–H groups in total. The summed E-state index contributed by atoms with van der Waals surface area (Å²) < 4.78 is 25.9. The topological polar surface area (TPSA) is 83.5 Å². The van der Waals surface area contributed by atoms with Gasteiger partial charge in [-0.15, -0.1) is 0 Å². The highest BCUT2D eigenvalue weighted by atomic mass is 32.2. The lowest BCUT2D eigenvalue weighted by atomic mass is 10.1. The predicted molar refractivity (Wildman–Crippen MR) is 62.2 cm³/mol. The van der Waals surface area contributed by atoms with Gasteiger partial charge in [0, 0.05) is 6.04 Å². The molecule has 17 heavy (non-hydrogen) atoms. The largest absolute Gasteiger partial charge is 0.478 e. The molecular weight excluding hydrogens is 242 g/mol. The lowest BCUT2D eigenvalue weighted by Gasteiger charge is -2.05. The van der Waals surface area contributed by atoms with Crippen LogP contribution >= 0.6 is 0 Å². The molecular formula is C11H13NO4S. The molecule has 1 saturated carbocycles. The van der Waals surface area contributed by atoms with Crippen molar-refractivity contribution in [1.29, 1.82) is 0 Å². The molecule has 0 aromatic heterocycles. The molecule has 1 aromatic rings. The van der Waals surface area contributed by atoms with E-state index in [4.69, 9.17) is 5.11 Å². The number of benzene rings is 1. The number of rotatable bonds is 5. The maximum atomic E-state index is 11.6. The number of carboxylic acids is 1. The summed E-state index contributed by atoms with van der Waals surface area (Å²) in [5, 5.41) is 8.70. The lowest BCUT2D eigenvalue weighted by Crippen LogP contribution is -2.27. The van der Waals surface area contributed by atoms with Gasteiger partial charge in [-0.1, -0.05) is 12.1 Å². The van der Waals surface area contributed by atoms with E-state index < -0.39 is 16.0 Å². The summed E-state index contributed by atoms with van der Waals surface area (Å²) in [4.78, 5) is 10.6. The smallest absolute Gasteiger partial charge is 0.335 e. The van der Waals surface area contributed by atoms with Crippen molar-refractivity contribution in [2.45, 2.75) is 24.6 Å². The van der Waals surface area contributed by atoms with Crippen molar-refractivity contribution < 1.29 is 18.3 Å². The number of hydrogen-bond donors (Lipinski definition) is 2. The Labute approximate surface area is 99.5 Å². The molecule has 6 heteroatoms. The first-order chi connectivity index (χ1) is 7.96. The third-order valence-electron chi connectivity index (χ3n) is 2.48. The number of nitrogens with one attached hydrogen (secondary N) is 1. The van der Waals surface area contributed by atoms with Gasteiger partial charge in [0.2, 0.25) is 10.0 Å². The number of aromatic carboxylic acids is 1. The van der Waals surface area contributed by atoms with Crippen LogP contribution in [0.4, 0.5) is 0 Å². The molecule has 0 heterocycles. The minimum atomic E-state index is -3.30. The number of hydrogen-bond acceptors (Lipinski definition) is 3. The Balaban J connectivity index is 2.05. The highest BCUT2D eigenvalue weighted by Gasteiger charge is 2.26. The third kappa shape index (κ3) is 3.54. The van der Waals surface area contributed by atoms with Crippen LogP contribution in [0, 0.1) is 0 Å². The van der Waals surface area contributed by atoms with E-state index in [2.05, 4.69) is 4.72 Å². The number of sulfonamides is 1. The Hall–Kier alpha value is -1.40. The van der Waals surface area contributed by atoms with Crippen molar-refractivity contribution in [3.05, 3.63) is 35.4 Å². The van der Waals surface area contributed by atoms with Crippen LogP contribution in [0.15, 0.2) is 24.3 Å². The van der Waals surface area contributed by atoms with Crippen molar-refractivity contribution in [3.63, 3.8) is 0 Å². The van der Waals surface area contributed by atoms with Crippen molar-refractivity contribution in [1.82, 2.24) is 4.72 Å². The summed E-state index contributed by atoms with van der Waals surface area (Å²) in [6.07, 6.45) is 1.80. The zero-order chi connectivity index (χ0) is 12.5. The molecule has 1 fully saturated rings. The Morgan fingerprint density at radius 1 is 1.29 bits per heavy atom. The van der Waals surface area contributed by atoms with Gasteiger partial charge in [0.25, 0.3) is 0 Å². The van der Waals surface area contributed by atoms with Gasteiger partial charge in [-0.2, -0.15) is 0 Å². The van der Waals surface area contributed by atoms with E-state index in [1.165, 1.54) is 24.3 Å². The van der Waals surface area contributed by atoms with Crippen LogP contribution in [-0.4, -0.2) is 25.5 Å². The van der Waals surface area contributed by atoms with Crippen LogP contribution in [0.3, 0.4) is 0 Å². The van der Waals surface area contributed by atoms with Gasteiger partial charge in [-0.25, -0.2) is 17.9 Å². The molecule has 5 nitrogen and oxygen atoms in total. The molecule has 0 atom stereocenters. The molecule has 0 unspecified atom stereocenters. The van der Waals surface area contributed by atoms with E-state index in [0.29, 0.717) is 5.56 Å². The predicted octanol–water partition coefficient (Wildman–Crippen LogP) is 0.967. The standard InChI is InChI=1S/C11H13NO4S/c13-11(14)9-3-1-8(2-4-9)7-17(15,16)12-10-5-6-10/h1-4,10,12H,5-7H2,(H,13,14). The van der Waals surface area contributed by atoms with Gasteiger partial charge in [0.05, 0.1) is 11.3 Å². The van der Waals surface area contributed by atoms with Crippen molar-refractivity contribution >= 4 is 16.0 Å². The zero-order valence-electron chi connectivity index (χ0n) is 9.09. The Bertz CT molecular complexity index is 517. The van der Waals surface area contributed by atoms with Crippen LogP contribution in [0.25, 0.3) is 0 Å². The Kier molecular flexibility index (Phi) is 3.17. The van der Waals surface area contributed by atoms with E-state index in [1.54, 1.807) is 0 Å². The van der Waals surface area contributed by atoms with Gasteiger partial charge >= 0.3 is 5.97 Å². The Morgan fingerprint density at radius 3 is 2.35 bits per heavy atom. The van der Waals surface area contributed by atoms with E-state index in [1.807, 2.05) is 0 Å². The zero-order valence-corrected chi connectivity index (χ0v) is 9.90. The quantitative estimate of drug-likeness (QED) is 0.821. The van der Waals surface area contributed by atoms with E-state index >= 15 is 0 Å². The van der Waals surface area contributed by atoms with Crippen LogP contribution in [0.5, 0.6) is 0 Å². The first-order valence-electron chi connectivity index (χ1n) is 5.28. The second-order valence-electron chi connectivity index (χ2n) is 4.15. The molecule has 0 saturated heterocycles. The molecule has 0 amide bonds. The summed E-state index contributed by atoms with van der Waals surface area (Å²) in [5.41, 5.74) is 0.740. The molecule has 0 spiro atoms. The van der Waals surface area contributed by atoms with E-state index in [-0.39, 0.29) is 17.4 Å². The minimum absolute atomic E-state index is 0.0956. The average molecular weight is 255 g/mol. The summed E-state index contributed by atoms with van der Waals surface area (Å²) in [5.74, 6) is -1.13. The monoisotopic (exact) mass is 255 g/mol. The number of carbonyl (C=O) groups is 1. The van der Waals surface area contributed by atoms with Crippen LogP contribution in [0.2, 0.25) is 0 Å². The highest BCUT2D eigenvalue weighted by Crippen LogP contribution is 2.20. The summed E-state index contributed by atoms with van der Waals surface area (Å²) in [6.45, 7) is 0. The fourth-order valence-electron chi connectivity index (χ4n) is 1.46. The second-order valence-corrected chi connectivity index (χ2v) is 5.91. The van der Waals surface area contributed by atoms with E-state index in [9.17, 15) is 13.2 Å². The first-order valence-corrected chi connectivity index (χ1v) is 6.94. The van der Waals surface area contributed by atoms with Crippen molar-refractivity contribution in [3.8, 4) is 0 Å². The number of carboxylic acid groups (broad SMARTS) is 1. The van der Waals surface area contributed by atoms with E-state index in [0.717, 1.165) is 12.8 Å². The fourth-order valence-corrected chi connectivity index (χ4v) is 2.92. The molecule has 0 bridgehead atoms. The molecule has 1 aromatic carbocycles. The van der Waals surface area contributed by atoms with Gasteiger partial charge in [-0.05, 0) is 30.5 Å². The molecule has 1 aliphatic rings. The maximum Gasteiger partial charge on any atom is 0.335 e. The Morgan fingerprint density at radius 2 is 1.88 bits per heavy atom. The molecule has 0 aliphatic heterocycles. The fraction of sp³-hybridized carbons (Fsp3) is 0.364. The molecule has 1 aliphatic carbocycles. The van der Waals surface area contributed by atoms with Crippen LogP contribution in [-0.2, 0) is 15.8 Å². The molecule has 92 valence electrons. The van der Waals surface area contributed by atoms with Gasteiger partial charge in [-0.3, -0.25) is 0 Å². The van der Waals surface area contributed by atoms with Crippen molar-refractivity contribution in [2.24, 2.45) is 0 Å². The summed E-state index contributed by atoms with van der Waals surface area (Å²) >= 11 is 0. The summed E-state index contributed by atoms with van der Waals surface area (Å²) in [6, 6.07) is 5.96. The summed E-state index contributed by atoms with van der Waals surface area (Å²) in [7, 11) is -3.30. The normalized spacial score (nSPS) is 15.8. The SMILES string of the molecule is O=C(O)c1ccc(CS(=O)(=O)NC2CC2)cc1. The third-order valence-corrected chi connectivity index (χ3v) is 3.89. The average Bonchev–Trinajstić information content (AvgIpc) is 3.00. The van der Waals surface area contributed by atoms with Crippen LogP contribution in [0.1, 0.15) is 28.8 Å². The molecule has 0 radical (unpaired) electrons. The van der Waals surface area contributed by atoms with Gasteiger partial charge in [0.15, 0.2) is 0 Å². The molecule has 2 rings (SSSR count). The first kappa shape index (κ1) is 12.1. The van der Waals surface area contributed by atoms with Gasteiger partial charge < -0.3 is 5.11 Å². The van der Waals surface area contributed by atoms with Gasteiger partial charge in [0.1, 0.15) is 0 Å². The second kappa shape index (κ2) is 4.46. The minimum Gasteiger partial charge on any atom is -0.478 e. The lowest BCUT2D eigenvalue weighted by molar-refractivity contribution is 0.0697. The van der Waals surface area contributed by atoms with Crippen molar-refractivity contribution in [2.75, 3.05) is 0 Å². The highest BCUT2D eigenvalue weighted by molar-refractivity contribution is 7.88. The maximum absolute atomic E-state index is 11.6. The van der Waals surface area contributed by atoms with Crippen LogP contribution < -0.4 is 4.72 Å².